The van der Waals surface area contributed by atoms with Crippen molar-refractivity contribution in [1.29, 1.82) is 0 Å². The number of aromatic hydroxyl groups is 3. The van der Waals surface area contributed by atoms with E-state index in [1.165, 1.54) is 62.8 Å². The molecule has 1 fully saturated rings. The van der Waals surface area contributed by atoms with E-state index in [9.17, 15) is 40.2 Å². The Balaban J connectivity index is 1.44. The highest BCUT2D eigenvalue weighted by Gasteiger charge is 2.48. The maximum atomic E-state index is 13.2. The van der Waals surface area contributed by atoms with Gasteiger partial charge in [0.2, 0.25) is 12.0 Å². The van der Waals surface area contributed by atoms with E-state index in [-0.39, 0.29) is 63.4 Å². The van der Waals surface area contributed by atoms with Crippen molar-refractivity contribution >= 4 is 11.8 Å². The van der Waals surface area contributed by atoms with Crippen LogP contribution in [-0.4, -0.2) is 93.9 Å². The fraction of sp³-hybridized carbons (Fsp3) is 0.333. The molecule has 0 saturated carbocycles. The van der Waals surface area contributed by atoms with Crippen LogP contribution in [0, 0.1) is 0 Å². The summed E-state index contributed by atoms with van der Waals surface area (Å²) in [5, 5.41) is 61.9. The van der Waals surface area contributed by atoms with E-state index in [4.69, 9.17) is 28.4 Å². The monoisotopic (exact) mass is 614 g/mol. The third-order valence-electron chi connectivity index (χ3n) is 7.27. The van der Waals surface area contributed by atoms with Gasteiger partial charge in [0.05, 0.1) is 32.8 Å². The van der Waals surface area contributed by atoms with Crippen molar-refractivity contribution in [2.24, 2.45) is 0 Å². The summed E-state index contributed by atoms with van der Waals surface area (Å²) in [6.07, 6.45) is -9.42. The van der Waals surface area contributed by atoms with Crippen LogP contribution in [0.25, 0.3) is 0 Å². The lowest BCUT2D eigenvalue weighted by Crippen LogP contribution is -2.61. The summed E-state index contributed by atoms with van der Waals surface area (Å²) in [6, 6.07) is 10.1. The number of hydrogen-bond donors (Lipinski definition) is 6. The molecule has 14 heteroatoms. The van der Waals surface area contributed by atoms with Gasteiger partial charge in [-0.2, -0.15) is 0 Å². The second-order valence-corrected chi connectivity index (χ2v) is 10.0. The highest BCUT2D eigenvalue weighted by molar-refractivity contribution is 6.04. The normalized spacial score (nSPS) is 24.5. The molecule has 2 heterocycles. The van der Waals surface area contributed by atoms with Gasteiger partial charge < -0.3 is 59.1 Å². The Morgan fingerprint density at radius 2 is 1.64 bits per heavy atom. The molecule has 0 amide bonds. The molecule has 0 spiro atoms. The molecule has 2 aliphatic heterocycles. The van der Waals surface area contributed by atoms with E-state index in [1.54, 1.807) is 0 Å². The van der Waals surface area contributed by atoms with Gasteiger partial charge >= 0.3 is 5.97 Å². The van der Waals surface area contributed by atoms with Gasteiger partial charge in [-0.1, -0.05) is 0 Å². The number of aliphatic hydroxyl groups excluding tert-OH is 3. The number of rotatable bonds is 8. The number of phenols is 3. The first kappa shape index (κ1) is 30.7. The highest BCUT2D eigenvalue weighted by Crippen LogP contribution is 2.51. The molecule has 6 N–H and O–H groups in total. The van der Waals surface area contributed by atoms with Crippen LogP contribution in [0.5, 0.6) is 40.2 Å². The van der Waals surface area contributed by atoms with Crippen molar-refractivity contribution in [3.05, 3.63) is 65.2 Å². The average Bonchev–Trinajstić information content (AvgIpc) is 3.01. The number of carbonyl (C=O) groups excluding carboxylic acids is 2. The Hall–Kier alpha value is -4.76. The Morgan fingerprint density at radius 3 is 2.30 bits per heavy atom. The lowest BCUT2D eigenvalue weighted by molar-refractivity contribution is -0.277. The second kappa shape index (κ2) is 12.5. The third-order valence-corrected chi connectivity index (χ3v) is 7.27. The van der Waals surface area contributed by atoms with Crippen LogP contribution in [0.1, 0.15) is 38.8 Å². The molecule has 0 radical (unpaired) electrons. The maximum absolute atomic E-state index is 13.2. The van der Waals surface area contributed by atoms with Crippen LogP contribution in [0.15, 0.2) is 48.5 Å². The molecule has 3 aromatic carbocycles. The third kappa shape index (κ3) is 5.75. The van der Waals surface area contributed by atoms with Gasteiger partial charge in [-0.3, -0.25) is 4.79 Å². The molecule has 1 saturated heterocycles. The molecule has 14 nitrogen and oxygen atoms in total. The Kier molecular flexibility index (Phi) is 8.69. The minimum absolute atomic E-state index is 0.0185. The summed E-state index contributed by atoms with van der Waals surface area (Å²) in [4.78, 5) is 25.9. The van der Waals surface area contributed by atoms with E-state index in [0.717, 1.165) is 0 Å². The lowest BCUT2D eigenvalue weighted by atomic mass is 9.94. The van der Waals surface area contributed by atoms with Crippen molar-refractivity contribution < 1.29 is 68.6 Å². The van der Waals surface area contributed by atoms with E-state index >= 15 is 0 Å². The molecule has 0 aromatic heterocycles. The van der Waals surface area contributed by atoms with Gasteiger partial charge in [0.15, 0.2) is 29.5 Å². The zero-order valence-electron chi connectivity index (χ0n) is 23.4. The summed E-state index contributed by atoms with van der Waals surface area (Å²) in [6.45, 7) is -0.731. The van der Waals surface area contributed by atoms with Crippen molar-refractivity contribution in [3.8, 4) is 40.2 Å². The predicted octanol–water partition coefficient (Wildman–Crippen LogP) is 1.57. The SMILES string of the molecule is COc1cc(O)c2c(c1OC)OC(c1cc(O)ccc1OC1OC(CO)C(O)C(OC(=O)c3ccc(O)cc3)C1O)CC2=O. The first-order valence-electron chi connectivity index (χ1n) is 13.4. The smallest absolute Gasteiger partial charge is 0.338 e. The zero-order valence-corrected chi connectivity index (χ0v) is 23.4. The summed E-state index contributed by atoms with van der Waals surface area (Å²) in [5.41, 5.74) is 0.0316. The van der Waals surface area contributed by atoms with Crippen LogP contribution >= 0.6 is 0 Å². The van der Waals surface area contributed by atoms with Crippen molar-refractivity contribution in [2.75, 3.05) is 20.8 Å². The van der Waals surface area contributed by atoms with Gasteiger partial charge in [-0.25, -0.2) is 4.79 Å². The molecule has 0 aliphatic carbocycles. The number of carbonyl (C=O) groups is 2. The number of phenolic OH excluding ortho intramolecular Hbond substituents is 3. The number of aliphatic hydroxyl groups is 3. The van der Waals surface area contributed by atoms with Crippen LogP contribution in [0.3, 0.4) is 0 Å². The molecule has 44 heavy (non-hydrogen) atoms. The Labute approximate surface area is 250 Å². The number of fused-ring (bicyclic) bond motifs is 1. The number of methoxy groups -OCH3 is 2. The summed E-state index contributed by atoms with van der Waals surface area (Å²) >= 11 is 0. The van der Waals surface area contributed by atoms with Crippen molar-refractivity contribution in [3.63, 3.8) is 0 Å². The first-order chi connectivity index (χ1) is 21.1. The second-order valence-electron chi connectivity index (χ2n) is 10.0. The number of benzene rings is 3. The van der Waals surface area contributed by atoms with Gasteiger partial charge in [0.1, 0.15) is 46.9 Å². The molecule has 0 bridgehead atoms. The van der Waals surface area contributed by atoms with E-state index in [1.807, 2.05) is 0 Å². The minimum atomic E-state index is -1.79. The number of Topliss-reactive ketones (excluding diaryl/α,β-unsaturated/α-hetero) is 1. The predicted molar refractivity (Wildman–Crippen MR) is 147 cm³/mol. The van der Waals surface area contributed by atoms with Gasteiger partial charge in [0, 0.05) is 11.6 Å². The summed E-state index contributed by atoms with van der Waals surface area (Å²) in [5.74, 6) is -2.12. The molecule has 234 valence electrons. The van der Waals surface area contributed by atoms with Gasteiger partial charge in [0.25, 0.3) is 0 Å². The number of hydrogen-bond acceptors (Lipinski definition) is 14. The molecule has 5 rings (SSSR count). The van der Waals surface area contributed by atoms with Crippen molar-refractivity contribution in [1.82, 2.24) is 0 Å². The Bertz CT molecular complexity index is 1540. The fourth-order valence-electron chi connectivity index (χ4n) is 5.06. The first-order valence-corrected chi connectivity index (χ1v) is 13.4. The molecule has 6 unspecified atom stereocenters. The number of ether oxygens (including phenoxy) is 6. The van der Waals surface area contributed by atoms with Crippen LogP contribution < -0.4 is 18.9 Å². The molecule has 2 aliphatic rings. The largest absolute Gasteiger partial charge is 0.508 e. The topological polar surface area (TPSA) is 211 Å². The highest BCUT2D eigenvalue weighted by atomic mass is 16.7. The van der Waals surface area contributed by atoms with E-state index < -0.39 is 55.2 Å². The number of ketones is 1. The molecule has 3 aromatic rings. The molecule has 6 atom stereocenters. The Morgan fingerprint density at radius 1 is 0.932 bits per heavy atom. The van der Waals surface area contributed by atoms with Crippen LogP contribution in [0.4, 0.5) is 0 Å². The van der Waals surface area contributed by atoms with E-state index in [0.29, 0.717) is 0 Å². The lowest BCUT2D eigenvalue weighted by Gasteiger charge is -2.41. The van der Waals surface area contributed by atoms with E-state index in [2.05, 4.69) is 0 Å². The fourth-order valence-corrected chi connectivity index (χ4v) is 5.06. The molecular weight excluding hydrogens is 584 g/mol. The van der Waals surface area contributed by atoms with Gasteiger partial charge in [-0.15, -0.1) is 0 Å². The molecular formula is C30H30O14. The summed E-state index contributed by atoms with van der Waals surface area (Å²) < 4.78 is 33.6. The quantitative estimate of drug-likeness (QED) is 0.199. The van der Waals surface area contributed by atoms with Gasteiger partial charge in [-0.05, 0) is 42.5 Å². The van der Waals surface area contributed by atoms with Crippen molar-refractivity contribution in [2.45, 2.75) is 43.2 Å². The number of esters is 1. The minimum Gasteiger partial charge on any atom is -0.508 e. The standard InChI is InChI=1S/C30H30O14/c1-39-21-11-18(35)23-17(34)10-20(41-27(23)26(21)40-2)16-9-15(33)7-8-19(16)42-30-25(37)28(24(36)22(12-31)43-30)44-29(38)13-3-5-14(32)6-4-13/h3-9,11,20,22,24-25,28,30-33,35-37H,10,12H2,1-2H3. The van der Waals surface area contributed by atoms with Crippen LogP contribution in [0.2, 0.25) is 0 Å². The average molecular weight is 615 g/mol. The zero-order chi connectivity index (χ0) is 31.7. The van der Waals surface area contributed by atoms with Crippen LogP contribution in [-0.2, 0) is 9.47 Å². The summed E-state index contributed by atoms with van der Waals surface area (Å²) in [7, 11) is 2.67. The maximum Gasteiger partial charge on any atom is 0.338 e.